The van der Waals surface area contributed by atoms with E-state index in [0.29, 0.717) is 12.0 Å². The van der Waals surface area contributed by atoms with E-state index in [4.69, 9.17) is 5.11 Å². The highest BCUT2D eigenvalue weighted by Crippen LogP contribution is 2.10. The highest BCUT2D eigenvalue weighted by atomic mass is 16.2. The third kappa shape index (κ3) is 4.02. The Balaban J connectivity index is 2.56. The molecule has 0 amide bonds. The lowest BCUT2D eigenvalue weighted by Gasteiger charge is -2.15. The zero-order valence-corrected chi connectivity index (χ0v) is 10.1. The summed E-state index contributed by atoms with van der Waals surface area (Å²) in [5, 5.41) is 12.0. The van der Waals surface area contributed by atoms with Gasteiger partial charge in [-0.1, -0.05) is 0 Å². The normalized spacial score (nSPS) is 12.2. The molecular weight excluding hydrogens is 204 g/mol. The largest absolute Gasteiger partial charge is 0.396 e. The van der Waals surface area contributed by atoms with E-state index in [1.54, 1.807) is 6.20 Å². The average molecular weight is 224 g/mol. The minimum absolute atomic E-state index is 0.235. The standard InChI is InChI=1S/C11H20N4O/c1-9(5-4-8-16)13-10-6-7-12-11(14-10)15(2)3/h6-7,9,16H,4-5,8H2,1-3H3,(H,12,13,14). The molecule has 0 aliphatic rings. The van der Waals surface area contributed by atoms with Gasteiger partial charge in [-0.2, -0.15) is 4.98 Å². The zero-order chi connectivity index (χ0) is 12.0. The molecule has 5 heteroatoms. The maximum Gasteiger partial charge on any atom is 0.226 e. The van der Waals surface area contributed by atoms with Crippen molar-refractivity contribution in [3.8, 4) is 0 Å². The highest BCUT2D eigenvalue weighted by molar-refractivity contribution is 5.40. The second-order valence-corrected chi connectivity index (χ2v) is 4.05. The number of hydrogen-bond donors (Lipinski definition) is 2. The third-order valence-corrected chi connectivity index (χ3v) is 2.23. The monoisotopic (exact) mass is 224 g/mol. The van der Waals surface area contributed by atoms with Crippen molar-refractivity contribution in [3.63, 3.8) is 0 Å². The van der Waals surface area contributed by atoms with Crippen LogP contribution in [0, 0.1) is 0 Å². The summed E-state index contributed by atoms with van der Waals surface area (Å²) in [6, 6.07) is 2.15. The van der Waals surface area contributed by atoms with Gasteiger partial charge >= 0.3 is 0 Å². The Kier molecular flexibility index (Phi) is 4.98. The molecule has 16 heavy (non-hydrogen) atoms. The molecule has 2 N–H and O–H groups in total. The van der Waals surface area contributed by atoms with Crippen LogP contribution in [-0.4, -0.2) is 41.8 Å². The van der Waals surface area contributed by atoms with Crippen molar-refractivity contribution in [1.82, 2.24) is 9.97 Å². The Morgan fingerprint density at radius 3 is 2.88 bits per heavy atom. The Morgan fingerprint density at radius 2 is 2.25 bits per heavy atom. The van der Waals surface area contributed by atoms with E-state index < -0.39 is 0 Å². The van der Waals surface area contributed by atoms with Crippen LogP contribution in [0.3, 0.4) is 0 Å². The Labute approximate surface area is 96.5 Å². The van der Waals surface area contributed by atoms with Crippen LogP contribution in [0.2, 0.25) is 0 Å². The van der Waals surface area contributed by atoms with Crippen LogP contribution in [0.25, 0.3) is 0 Å². The summed E-state index contributed by atoms with van der Waals surface area (Å²) in [5.74, 6) is 1.52. The van der Waals surface area contributed by atoms with Crippen LogP contribution >= 0.6 is 0 Å². The maximum absolute atomic E-state index is 8.74. The second kappa shape index (κ2) is 6.27. The van der Waals surface area contributed by atoms with Crippen LogP contribution in [0.5, 0.6) is 0 Å². The van der Waals surface area contributed by atoms with Crippen LogP contribution in [0.1, 0.15) is 19.8 Å². The van der Waals surface area contributed by atoms with Gasteiger partial charge in [0.15, 0.2) is 0 Å². The first-order valence-corrected chi connectivity index (χ1v) is 5.51. The van der Waals surface area contributed by atoms with Gasteiger partial charge in [0, 0.05) is 32.9 Å². The first-order chi connectivity index (χ1) is 7.63. The van der Waals surface area contributed by atoms with Gasteiger partial charge < -0.3 is 15.3 Å². The number of anilines is 2. The first kappa shape index (κ1) is 12.7. The van der Waals surface area contributed by atoms with Gasteiger partial charge in [-0.05, 0) is 25.8 Å². The minimum atomic E-state index is 0.235. The van der Waals surface area contributed by atoms with Crippen LogP contribution in [0.15, 0.2) is 12.3 Å². The highest BCUT2D eigenvalue weighted by Gasteiger charge is 2.04. The molecule has 1 rings (SSSR count). The van der Waals surface area contributed by atoms with E-state index in [-0.39, 0.29) is 6.61 Å². The molecule has 0 saturated heterocycles. The number of aliphatic hydroxyl groups is 1. The van der Waals surface area contributed by atoms with Crippen LogP contribution in [-0.2, 0) is 0 Å². The van der Waals surface area contributed by atoms with Crippen molar-refractivity contribution >= 4 is 11.8 Å². The molecule has 1 unspecified atom stereocenters. The van der Waals surface area contributed by atoms with Gasteiger partial charge in [-0.15, -0.1) is 0 Å². The van der Waals surface area contributed by atoms with Gasteiger partial charge in [0.2, 0.25) is 5.95 Å². The van der Waals surface area contributed by atoms with E-state index >= 15 is 0 Å². The molecule has 90 valence electrons. The maximum atomic E-state index is 8.74. The molecule has 1 heterocycles. The van der Waals surface area contributed by atoms with Crippen LogP contribution in [0.4, 0.5) is 11.8 Å². The fraction of sp³-hybridized carbons (Fsp3) is 0.636. The molecule has 5 nitrogen and oxygen atoms in total. The second-order valence-electron chi connectivity index (χ2n) is 4.05. The van der Waals surface area contributed by atoms with Crippen molar-refractivity contribution < 1.29 is 5.11 Å². The molecule has 0 aromatic carbocycles. The van der Waals surface area contributed by atoms with Crippen molar-refractivity contribution in [1.29, 1.82) is 0 Å². The number of aromatic nitrogens is 2. The predicted molar refractivity (Wildman–Crippen MR) is 65.8 cm³/mol. The summed E-state index contributed by atoms with van der Waals surface area (Å²) >= 11 is 0. The molecule has 0 fully saturated rings. The Morgan fingerprint density at radius 1 is 1.50 bits per heavy atom. The van der Waals surface area contributed by atoms with Gasteiger partial charge in [0.1, 0.15) is 5.82 Å². The number of nitrogens with one attached hydrogen (secondary N) is 1. The first-order valence-electron chi connectivity index (χ1n) is 5.51. The molecule has 0 radical (unpaired) electrons. The van der Waals surface area contributed by atoms with Crippen molar-refractivity contribution in [2.75, 3.05) is 30.9 Å². The topological polar surface area (TPSA) is 61.3 Å². The smallest absolute Gasteiger partial charge is 0.226 e. The van der Waals surface area contributed by atoms with E-state index in [1.807, 2.05) is 25.1 Å². The summed E-state index contributed by atoms with van der Waals surface area (Å²) in [5.41, 5.74) is 0. The summed E-state index contributed by atoms with van der Waals surface area (Å²) in [7, 11) is 3.82. The van der Waals surface area contributed by atoms with Crippen LogP contribution < -0.4 is 10.2 Å². The SMILES string of the molecule is CC(CCCO)Nc1ccnc(N(C)C)n1. The quantitative estimate of drug-likeness (QED) is 0.758. The number of hydrogen-bond acceptors (Lipinski definition) is 5. The van der Waals surface area contributed by atoms with Gasteiger partial charge in [0.05, 0.1) is 0 Å². The van der Waals surface area contributed by atoms with E-state index in [1.165, 1.54) is 0 Å². The van der Waals surface area contributed by atoms with Gasteiger partial charge in [-0.25, -0.2) is 4.98 Å². The molecule has 1 aromatic rings. The van der Waals surface area contributed by atoms with Gasteiger partial charge in [0.25, 0.3) is 0 Å². The summed E-state index contributed by atoms with van der Waals surface area (Å²) < 4.78 is 0. The number of nitrogens with zero attached hydrogens (tertiary/aromatic N) is 3. The molecule has 1 aromatic heterocycles. The van der Waals surface area contributed by atoms with Crippen molar-refractivity contribution in [3.05, 3.63) is 12.3 Å². The number of aliphatic hydroxyl groups excluding tert-OH is 1. The fourth-order valence-electron chi connectivity index (χ4n) is 1.37. The molecule has 0 aliphatic heterocycles. The molecule has 0 aliphatic carbocycles. The fourth-order valence-corrected chi connectivity index (χ4v) is 1.37. The minimum Gasteiger partial charge on any atom is -0.396 e. The average Bonchev–Trinajstić information content (AvgIpc) is 2.26. The Hall–Kier alpha value is -1.36. The lowest BCUT2D eigenvalue weighted by Crippen LogP contribution is -2.18. The molecule has 0 saturated carbocycles. The molecule has 0 bridgehead atoms. The summed E-state index contributed by atoms with van der Waals surface area (Å²) in [6.07, 6.45) is 3.47. The number of rotatable bonds is 6. The predicted octanol–water partition coefficient (Wildman–Crippen LogP) is 1.12. The van der Waals surface area contributed by atoms with Crippen molar-refractivity contribution in [2.24, 2.45) is 0 Å². The van der Waals surface area contributed by atoms with Crippen molar-refractivity contribution in [2.45, 2.75) is 25.8 Å². The van der Waals surface area contributed by atoms with E-state index in [0.717, 1.165) is 18.7 Å². The van der Waals surface area contributed by atoms with Gasteiger partial charge in [-0.3, -0.25) is 0 Å². The third-order valence-electron chi connectivity index (χ3n) is 2.23. The summed E-state index contributed by atoms with van der Waals surface area (Å²) in [4.78, 5) is 10.4. The molecule has 1 atom stereocenters. The van der Waals surface area contributed by atoms with E-state index in [2.05, 4.69) is 22.2 Å². The molecular formula is C11H20N4O. The lowest BCUT2D eigenvalue weighted by atomic mass is 10.2. The molecule has 0 spiro atoms. The summed E-state index contributed by atoms with van der Waals surface area (Å²) in [6.45, 7) is 2.31. The lowest BCUT2D eigenvalue weighted by molar-refractivity contribution is 0.282. The van der Waals surface area contributed by atoms with E-state index in [9.17, 15) is 0 Å². The Bertz CT molecular complexity index is 317. The zero-order valence-electron chi connectivity index (χ0n) is 10.1.